The minimum atomic E-state index is 0. The smallest absolute Gasteiger partial charge is 0.214 e. The van der Waals surface area contributed by atoms with E-state index in [-0.39, 0.29) is 17.1 Å². The number of hydrogen-bond acceptors (Lipinski definition) is 0. The summed E-state index contributed by atoms with van der Waals surface area (Å²) in [5.74, 6) is 0. The molecule has 0 amide bonds. The van der Waals surface area contributed by atoms with E-state index in [2.05, 4.69) is 55.5 Å². The Morgan fingerprint density at radius 1 is 0.842 bits per heavy atom. The van der Waals surface area contributed by atoms with Crippen LogP contribution in [0.5, 0.6) is 0 Å². The molecule has 19 heavy (non-hydrogen) atoms. The molecule has 0 bridgehead atoms. The SMILES string of the molecule is CCc1ccc(-c2ccc[cH-]2)cc1.[Fe+2].c1cc[cH-]c1. The molecule has 1 heteroatoms. The fourth-order valence-electron chi connectivity index (χ4n) is 1.82. The van der Waals surface area contributed by atoms with E-state index in [1.165, 1.54) is 16.7 Å². The van der Waals surface area contributed by atoms with E-state index in [0.29, 0.717) is 0 Å². The van der Waals surface area contributed by atoms with Gasteiger partial charge >= 0.3 is 17.1 Å². The van der Waals surface area contributed by atoms with E-state index in [1.807, 2.05) is 30.3 Å². The van der Waals surface area contributed by atoms with Crippen molar-refractivity contribution in [3.05, 3.63) is 84.4 Å². The Morgan fingerprint density at radius 2 is 1.53 bits per heavy atom. The summed E-state index contributed by atoms with van der Waals surface area (Å²) in [6.07, 6.45) is 1.11. The molecule has 0 heterocycles. The van der Waals surface area contributed by atoms with Gasteiger partial charge in [-0.2, -0.15) is 42.0 Å². The summed E-state index contributed by atoms with van der Waals surface area (Å²) < 4.78 is 0. The third-order valence-corrected chi connectivity index (χ3v) is 2.91. The van der Waals surface area contributed by atoms with E-state index in [0.717, 1.165) is 6.42 Å². The molecule has 0 nitrogen and oxygen atoms in total. The maximum atomic E-state index is 2.20. The zero-order valence-corrected chi connectivity index (χ0v) is 12.2. The molecule has 0 aliphatic carbocycles. The first-order valence-electron chi connectivity index (χ1n) is 6.38. The second-order valence-electron chi connectivity index (χ2n) is 4.19. The van der Waals surface area contributed by atoms with Crippen LogP contribution in [-0.2, 0) is 23.5 Å². The molecular weight excluding hydrogens is 272 g/mol. The summed E-state index contributed by atoms with van der Waals surface area (Å²) in [5, 5.41) is 0. The van der Waals surface area contributed by atoms with Crippen molar-refractivity contribution in [2.75, 3.05) is 0 Å². The van der Waals surface area contributed by atoms with Gasteiger partial charge in [0.05, 0.1) is 0 Å². The van der Waals surface area contributed by atoms with Crippen molar-refractivity contribution in [3.63, 3.8) is 0 Å². The summed E-state index contributed by atoms with van der Waals surface area (Å²) in [7, 11) is 0. The van der Waals surface area contributed by atoms with Crippen molar-refractivity contribution < 1.29 is 17.1 Å². The van der Waals surface area contributed by atoms with E-state index in [4.69, 9.17) is 0 Å². The van der Waals surface area contributed by atoms with Crippen LogP contribution in [0.2, 0.25) is 0 Å². The Balaban J connectivity index is 0.000000256. The van der Waals surface area contributed by atoms with Gasteiger partial charge in [0.25, 0.3) is 0 Å². The van der Waals surface area contributed by atoms with E-state index >= 15 is 0 Å². The molecule has 0 aliphatic rings. The molecule has 0 saturated carbocycles. The van der Waals surface area contributed by atoms with Gasteiger partial charge in [-0.3, -0.25) is 0 Å². The van der Waals surface area contributed by atoms with E-state index in [9.17, 15) is 0 Å². The first-order chi connectivity index (χ1) is 8.90. The molecule has 0 unspecified atom stereocenters. The van der Waals surface area contributed by atoms with Crippen LogP contribution in [0.25, 0.3) is 11.1 Å². The summed E-state index contributed by atoms with van der Waals surface area (Å²) in [4.78, 5) is 0. The zero-order chi connectivity index (χ0) is 12.6. The van der Waals surface area contributed by atoms with Crippen LogP contribution in [-0.4, -0.2) is 0 Å². The van der Waals surface area contributed by atoms with E-state index in [1.54, 1.807) is 0 Å². The van der Waals surface area contributed by atoms with Crippen molar-refractivity contribution in [2.24, 2.45) is 0 Å². The van der Waals surface area contributed by atoms with Gasteiger partial charge in [-0.25, -0.2) is 12.1 Å². The Bertz CT molecular complexity index is 498. The maximum absolute atomic E-state index is 2.20. The topological polar surface area (TPSA) is 0 Å². The van der Waals surface area contributed by atoms with Crippen LogP contribution in [0.3, 0.4) is 0 Å². The van der Waals surface area contributed by atoms with Crippen LogP contribution in [0.15, 0.2) is 78.9 Å². The molecule has 3 rings (SSSR count). The molecule has 0 saturated heterocycles. The molecule has 0 atom stereocenters. The van der Waals surface area contributed by atoms with Crippen LogP contribution < -0.4 is 0 Å². The monoisotopic (exact) mass is 290 g/mol. The standard InChI is InChI=1S/C13H13.C5H5.Fe/c1-2-11-7-9-13(10-8-11)12-5-3-4-6-12;1-2-4-5-3-1;/h3-10H,2H2,1H3;1-5H;/q2*-1;+2. The fourth-order valence-corrected chi connectivity index (χ4v) is 1.82. The van der Waals surface area contributed by atoms with Gasteiger partial charge in [-0.05, 0) is 12.0 Å². The van der Waals surface area contributed by atoms with Gasteiger partial charge < -0.3 is 0 Å². The van der Waals surface area contributed by atoms with Crippen LogP contribution in [0, 0.1) is 0 Å². The first-order valence-corrected chi connectivity index (χ1v) is 6.38. The first kappa shape index (κ1) is 15.5. The average molecular weight is 290 g/mol. The zero-order valence-electron chi connectivity index (χ0n) is 11.1. The minimum Gasteiger partial charge on any atom is -0.214 e. The van der Waals surface area contributed by atoms with Crippen molar-refractivity contribution in [1.82, 2.24) is 0 Å². The predicted octanol–water partition coefficient (Wildman–Crippen LogP) is 5.04. The molecule has 3 aromatic rings. The molecule has 0 aromatic heterocycles. The Hall–Kier alpha value is -1.56. The van der Waals surface area contributed by atoms with Gasteiger partial charge in [0.15, 0.2) is 0 Å². The van der Waals surface area contributed by atoms with Gasteiger partial charge in [0.1, 0.15) is 0 Å². The second kappa shape index (κ2) is 8.53. The Morgan fingerprint density at radius 3 is 1.95 bits per heavy atom. The van der Waals surface area contributed by atoms with Crippen molar-refractivity contribution in [2.45, 2.75) is 13.3 Å². The minimum absolute atomic E-state index is 0. The molecule has 0 N–H and O–H groups in total. The number of hydrogen-bond donors (Lipinski definition) is 0. The quantitative estimate of drug-likeness (QED) is 0.458. The fraction of sp³-hybridized carbons (Fsp3) is 0.111. The van der Waals surface area contributed by atoms with Crippen molar-refractivity contribution >= 4 is 0 Å². The van der Waals surface area contributed by atoms with Gasteiger partial charge in [-0.1, -0.05) is 31.2 Å². The summed E-state index contributed by atoms with van der Waals surface area (Å²) in [6.45, 7) is 2.18. The summed E-state index contributed by atoms with van der Waals surface area (Å²) in [6, 6.07) is 27.2. The largest absolute Gasteiger partial charge is 2.00 e. The van der Waals surface area contributed by atoms with Crippen LogP contribution in [0.1, 0.15) is 12.5 Å². The van der Waals surface area contributed by atoms with Crippen molar-refractivity contribution in [3.8, 4) is 11.1 Å². The predicted molar refractivity (Wildman–Crippen MR) is 78.9 cm³/mol. The molecule has 0 fully saturated rings. The molecule has 0 spiro atoms. The van der Waals surface area contributed by atoms with Crippen molar-refractivity contribution in [1.29, 1.82) is 0 Å². The Labute approximate surface area is 126 Å². The second-order valence-corrected chi connectivity index (χ2v) is 4.19. The number of aryl methyl sites for hydroxylation is 1. The summed E-state index contributed by atoms with van der Waals surface area (Å²) >= 11 is 0. The Kier molecular flexibility index (Phi) is 6.95. The maximum Gasteiger partial charge on any atom is 2.00 e. The van der Waals surface area contributed by atoms with Crippen LogP contribution in [0.4, 0.5) is 0 Å². The number of rotatable bonds is 2. The average Bonchev–Trinajstić information content (AvgIpc) is 3.14. The molecule has 98 valence electrons. The van der Waals surface area contributed by atoms with E-state index < -0.39 is 0 Å². The van der Waals surface area contributed by atoms with Gasteiger partial charge in [0, 0.05) is 0 Å². The molecule has 0 aliphatic heterocycles. The van der Waals surface area contributed by atoms with Gasteiger partial charge in [0.2, 0.25) is 0 Å². The third-order valence-electron chi connectivity index (χ3n) is 2.91. The normalized spacial score (nSPS) is 9.11. The van der Waals surface area contributed by atoms with Gasteiger partial charge in [-0.15, -0.1) is 11.6 Å². The molecule has 0 radical (unpaired) electrons. The number of benzene rings is 1. The third kappa shape index (κ3) is 4.90. The molecular formula is C18H18Fe. The summed E-state index contributed by atoms with van der Waals surface area (Å²) in [5.41, 5.74) is 4.01. The molecule has 3 aromatic carbocycles. The van der Waals surface area contributed by atoms with Crippen LogP contribution >= 0.6 is 0 Å².